The van der Waals surface area contributed by atoms with E-state index in [-0.39, 0.29) is 11.8 Å². The summed E-state index contributed by atoms with van der Waals surface area (Å²) in [5, 5.41) is 2.93. The summed E-state index contributed by atoms with van der Waals surface area (Å²) in [6, 6.07) is 0. The molecule has 1 aromatic heterocycles. The number of halogens is 3. The molecule has 1 fully saturated rings. The molecule has 0 aromatic carbocycles. The van der Waals surface area contributed by atoms with Crippen LogP contribution in [0.4, 0.5) is 13.2 Å². The van der Waals surface area contributed by atoms with Crippen LogP contribution in [0.15, 0.2) is 10.7 Å². The summed E-state index contributed by atoms with van der Waals surface area (Å²) < 4.78 is 40.9. The SMILES string of the molecule is FC(F)(F)c1coc(C2CNC2)n1. The number of nitrogens with zero attached hydrogens (tertiary/aromatic N) is 1. The highest BCUT2D eigenvalue weighted by Gasteiger charge is 2.36. The molecule has 0 atom stereocenters. The maximum Gasteiger partial charge on any atom is 0.436 e. The van der Waals surface area contributed by atoms with E-state index in [0.717, 1.165) is 0 Å². The smallest absolute Gasteiger partial charge is 0.436 e. The molecule has 72 valence electrons. The van der Waals surface area contributed by atoms with Crippen LogP contribution in [0.2, 0.25) is 0 Å². The zero-order valence-electron chi connectivity index (χ0n) is 6.56. The summed E-state index contributed by atoms with van der Waals surface area (Å²) in [6.45, 7) is 1.27. The number of rotatable bonds is 1. The van der Waals surface area contributed by atoms with Crippen LogP contribution in [0.5, 0.6) is 0 Å². The van der Waals surface area contributed by atoms with Gasteiger partial charge in [0.15, 0.2) is 11.6 Å². The molecule has 2 rings (SSSR count). The van der Waals surface area contributed by atoms with Gasteiger partial charge in [0.2, 0.25) is 0 Å². The Labute approximate surface area is 71.9 Å². The lowest BCUT2D eigenvalue weighted by Gasteiger charge is -2.23. The van der Waals surface area contributed by atoms with Crippen LogP contribution in [0.3, 0.4) is 0 Å². The molecule has 1 N–H and O–H groups in total. The Morgan fingerprint density at radius 3 is 2.54 bits per heavy atom. The number of alkyl halides is 3. The Morgan fingerprint density at radius 1 is 1.46 bits per heavy atom. The summed E-state index contributed by atoms with van der Waals surface area (Å²) >= 11 is 0. The van der Waals surface area contributed by atoms with Crippen molar-refractivity contribution in [3.63, 3.8) is 0 Å². The largest absolute Gasteiger partial charge is 0.448 e. The van der Waals surface area contributed by atoms with E-state index in [0.29, 0.717) is 19.4 Å². The number of nitrogens with one attached hydrogen (secondary N) is 1. The minimum Gasteiger partial charge on any atom is -0.448 e. The molecule has 2 heterocycles. The van der Waals surface area contributed by atoms with E-state index in [9.17, 15) is 13.2 Å². The average molecular weight is 192 g/mol. The Bertz CT molecular complexity index is 303. The van der Waals surface area contributed by atoms with Crippen molar-refractivity contribution in [2.45, 2.75) is 12.1 Å². The predicted octanol–water partition coefficient (Wildman–Crippen LogP) is 1.38. The molecule has 0 amide bonds. The zero-order valence-corrected chi connectivity index (χ0v) is 6.56. The van der Waals surface area contributed by atoms with Crippen molar-refractivity contribution < 1.29 is 17.6 Å². The summed E-state index contributed by atoms with van der Waals surface area (Å²) in [6.07, 6.45) is -3.74. The molecular formula is C7H7F3N2O. The quantitative estimate of drug-likeness (QED) is 0.730. The summed E-state index contributed by atoms with van der Waals surface area (Å²) in [5.41, 5.74) is -0.950. The second-order valence-corrected chi connectivity index (χ2v) is 2.92. The van der Waals surface area contributed by atoms with Gasteiger partial charge in [0.05, 0.1) is 5.92 Å². The Balaban J connectivity index is 2.17. The minimum atomic E-state index is -4.40. The molecule has 3 nitrogen and oxygen atoms in total. The van der Waals surface area contributed by atoms with Crippen LogP contribution >= 0.6 is 0 Å². The first kappa shape index (κ1) is 8.55. The van der Waals surface area contributed by atoms with Crippen molar-refractivity contribution in [3.05, 3.63) is 17.8 Å². The number of oxazole rings is 1. The first-order chi connectivity index (χ1) is 6.07. The molecule has 0 bridgehead atoms. The van der Waals surface area contributed by atoms with Gasteiger partial charge in [-0.15, -0.1) is 0 Å². The molecular weight excluding hydrogens is 185 g/mol. The van der Waals surface area contributed by atoms with Gasteiger partial charge in [-0.1, -0.05) is 0 Å². The van der Waals surface area contributed by atoms with Gasteiger partial charge in [0, 0.05) is 13.1 Å². The molecule has 0 aliphatic carbocycles. The van der Waals surface area contributed by atoms with Crippen LogP contribution in [0, 0.1) is 0 Å². The van der Waals surface area contributed by atoms with E-state index < -0.39 is 11.9 Å². The monoisotopic (exact) mass is 192 g/mol. The highest BCUT2D eigenvalue weighted by Crippen LogP contribution is 2.30. The van der Waals surface area contributed by atoms with Gasteiger partial charge < -0.3 is 9.73 Å². The van der Waals surface area contributed by atoms with E-state index in [4.69, 9.17) is 4.42 Å². The lowest BCUT2D eigenvalue weighted by atomic mass is 10.0. The normalized spacial score (nSPS) is 18.7. The molecule has 6 heteroatoms. The predicted molar refractivity (Wildman–Crippen MR) is 37.1 cm³/mol. The Kier molecular flexibility index (Phi) is 1.80. The van der Waals surface area contributed by atoms with Crippen molar-refractivity contribution in [1.82, 2.24) is 10.3 Å². The van der Waals surface area contributed by atoms with Crippen LogP contribution < -0.4 is 5.32 Å². The highest BCUT2D eigenvalue weighted by atomic mass is 19.4. The molecule has 1 saturated heterocycles. The zero-order chi connectivity index (χ0) is 9.47. The van der Waals surface area contributed by atoms with Gasteiger partial charge in [-0.3, -0.25) is 0 Å². The van der Waals surface area contributed by atoms with E-state index in [1.807, 2.05) is 0 Å². The highest BCUT2D eigenvalue weighted by molar-refractivity contribution is 5.07. The molecule has 1 aliphatic heterocycles. The van der Waals surface area contributed by atoms with Gasteiger partial charge in [-0.05, 0) is 0 Å². The van der Waals surface area contributed by atoms with Crippen molar-refractivity contribution in [3.8, 4) is 0 Å². The molecule has 0 unspecified atom stereocenters. The van der Waals surface area contributed by atoms with E-state index in [1.165, 1.54) is 0 Å². The third kappa shape index (κ3) is 1.53. The Morgan fingerprint density at radius 2 is 2.15 bits per heavy atom. The fourth-order valence-electron chi connectivity index (χ4n) is 1.07. The van der Waals surface area contributed by atoms with Gasteiger partial charge in [-0.25, -0.2) is 4.98 Å². The number of hydrogen-bond acceptors (Lipinski definition) is 3. The maximum absolute atomic E-state index is 12.0. The van der Waals surface area contributed by atoms with E-state index in [2.05, 4.69) is 10.3 Å². The van der Waals surface area contributed by atoms with Crippen molar-refractivity contribution >= 4 is 0 Å². The molecule has 0 saturated carbocycles. The van der Waals surface area contributed by atoms with Crippen molar-refractivity contribution in [2.24, 2.45) is 0 Å². The lowest BCUT2D eigenvalue weighted by molar-refractivity contribution is -0.141. The van der Waals surface area contributed by atoms with Crippen LogP contribution in [0.1, 0.15) is 17.5 Å². The van der Waals surface area contributed by atoms with Gasteiger partial charge in [0.1, 0.15) is 6.26 Å². The molecule has 1 aliphatic rings. The lowest BCUT2D eigenvalue weighted by Crippen LogP contribution is -2.40. The third-order valence-corrected chi connectivity index (χ3v) is 1.94. The van der Waals surface area contributed by atoms with Crippen LogP contribution in [0.25, 0.3) is 0 Å². The molecule has 0 spiro atoms. The van der Waals surface area contributed by atoms with Crippen LogP contribution in [-0.4, -0.2) is 18.1 Å². The standard InChI is InChI=1S/C7H7F3N2O/c8-7(9,10)5-3-13-6(12-5)4-1-11-2-4/h3-4,11H,1-2H2. The summed E-state index contributed by atoms with van der Waals surface area (Å²) in [7, 11) is 0. The Hall–Kier alpha value is -1.04. The minimum absolute atomic E-state index is 0.00361. The topological polar surface area (TPSA) is 38.1 Å². The summed E-state index contributed by atoms with van der Waals surface area (Å²) in [4.78, 5) is 3.37. The van der Waals surface area contributed by atoms with Gasteiger partial charge >= 0.3 is 6.18 Å². The third-order valence-electron chi connectivity index (χ3n) is 1.94. The first-order valence-electron chi connectivity index (χ1n) is 3.80. The summed E-state index contributed by atoms with van der Waals surface area (Å²) in [5.74, 6) is 0.169. The first-order valence-corrected chi connectivity index (χ1v) is 3.80. The fourth-order valence-corrected chi connectivity index (χ4v) is 1.07. The van der Waals surface area contributed by atoms with E-state index in [1.54, 1.807) is 0 Å². The van der Waals surface area contributed by atoms with Gasteiger partial charge in [-0.2, -0.15) is 13.2 Å². The van der Waals surface area contributed by atoms with E-state index >= 15 is 0 Å². The molecule has 13 heavy (non-hydrogen) atoms. The van der Waals surface area contributed by atoms with Gasteiger partial charge in [0.25, 0.3) is 0 Å². The second kappa shape index (κ2) is 2.73. The number of hydrogen-bond donors (Lipinski definition) is 1. The van der Waals surface area contributed by atoms with Crippen molar-refractivity contribution in [2.75, 3.05) is 13.1 Å². The molecule has 1 aromatic rings. The van der Waals surface area contributed by atoms with Crippen LogP contribution in [-0.2, 0) is 6.18 Å². The average Bonchev–Trinajstić information content (AvgIpc) is 2.29. The molecule has 0 radical (unpaired) electrons. The fraction of sp³-hybridized carbons (Fsp3) is 0.571. The maximum atomic E-state index is 12.0. The second-order valence-electron chi connectivity index (χ2n) is 2.92. The number of aromatic nitrogens is 1. The van der Waals surface area contributed by atoms with Crippen molar-refractivity contribution in [1.29, 1.82) is 0 Å².